The smallest absolute Gasteiger partial charge is 0.309 e. The van der Waals surface area contributed by atoms with Gasteiger partial charge in [-0.25, -0.2) is 9.86 Å². The summed E-state index contributed by atoms with van der Waals surface area (Å²) in [4.78, 5) is 37.1. The van der Waals surface area contributed by atoms with Crippen LogP contribution in [-0.4, -0.2) is 63.2 Å². The third-order valence-electron chi connectivity index (χ3n) is 4.22. The Bertz CT molecular complexity index is 455. The number of carbonyl (C=O) groups is 3. The van der Waals surface area contributed by atoms with E-state index in [0.717, 1.165) is 12.8 Å². The number of rotatable bonds is 2. The van der Waals surface area contributed by atoms with Crippen LogP contribution in [0.15, 0.2) is 0 Å². The summed E-state index contributed by atoms with van der Waals surface area (Å²) in [6.45, 7) is 0.876. The Morgan fingerprint density at radius 2 is 2.05 bits per heavy atom. The molecule has 3 fully saturated rings. The number of piperidine rings is 2. The van der Waals surface area contributed by atoms with Crippen LogP contribution in [0.1, 0.15) is 32.1 Å². The summed E-state index contributed by atoms with van der Waals surface area (Å²) in [6, 6.07) is -1.36. The molecule has 2 atom stereocenters. The van der Waals surface area contributed by atoms with E-state index in [1.807, 2.05) is 0 Å². The van der Waals surface area contributed by atoms with Crippen molar-refractivity contribution in [3.8, 4) is 0 Å². The lowest BCUT2D eigenvalue weighted by atomic mass is 10.0. The Morgan fingerprint density at radius 1 is 1.25 bits per heavy atom. The van der Waals surface area contributed by atoms with Gasteiger partial charge in [-0.1, -0.05) is 0 Å². The average molecular weight is 282 g/mol. The molecule has 110 valence electrons. The van der Waals surface area contributed by atoms with Gasteiger partial charge in [0.25, 0.3) is 5.91 Å². The SMILES string of the molecule is O=C(NN1CCCCC1=O)[C@@H]1CC[C@@H]2CN1C(=O)N2O. The van der Waals surface area contributed by atoms with Crippen molar-refractivity contribution < 1.29 is 19.6 Å². The summed E-state index contributed by atoms with van der Waals surface area (Å²) >= 11 is 0. The van der Waals surface area contributed by atoms with Crippen LogP contribution >= 0.6 is 0 Å². The van der Waals surface area contributed by atoms with E-state index in [4.69, 9.17) is 0 Å². The highest BCUT2D eigenvalue weighted by Crippen LogP contribution is 2.28. The van der Waals surface area contributed by atoms with Crippen molar-refractivity contribution >= 4 is 17.8 Å². The lowest BCUT2D eigenvalue weighted by Crippen LogP contribution is -2.56. The Kier molecular flexibility index (Phi) is 3.25. The molecule has 2 N–H and O–H groups in total. The number of nitrogens with one attached hydrogen (secondary N) is 1. The molecule has 3 rings (SSSR count). The number of nitrogens with zero attached hydrogens (tertiary/aromatic N) is 3. The number of hydrazine groups is 1. The Labute approximate surface area is 116 Å². The zero-order valence-corrected chi connectivity index (χ0v) is 11.1. The van der Waals surface area contributed by atoms with Crippen molar-refractivity contribution in [1.82, 2.24) is 20.4 Å². The maximum absolute atomic E-state index is 12.3. The second-order valence-corrected chi connectivity index (χ2v) is 5.51. The first-order valence-corrected chi connectivity index (χ1v) is 6.97. The first kappa shape index (κ1) is 13.2. The van der Waals surface area contributed by atoms with Crippen molar-refractivity contribution in [2.45, 2.75) is 44.2 Å². The molecule has 3 heterocycles. The number of fused-ring (bicyclic) bond motifs is 2. The Hall–Kier alpha value is -1.83. The van der Waals surface area contributed by atoms with Gasteiger partial charge < -0.3 is 4.90 Å². The quantitative estimate of drug-likeness (QED) is 0.679. The predicted molar refractivity (Wildman–Crippen MR) is 66.2 cm³/mol. The summed E-state index contributed by atoms with van der Waals surface area (Å²) in [6.07, 6.45) is 3.25. The second-order valence-electron chi connectivity index (χ2n) is 5.51. The minimum atomic E-state index is -0.606. The fourth-order valence-corrected chi connectivity index (χ4v) is 3.05. The van der Waals surface area contributed by atoms with E-state index >= 15 is 0 Å². The van der Waals surface area contributed by atoms with Crippen LogP contribution < -0.4 is 5.43 Å². The molecule has 0 radical (unpaired) electrons. The third-order valence-corrected chi connectivity index (χ3v) is 4.22. The zero-order valence-electron chi connectivity index (χ0n) is 11.1. The first-order chi connectivity index (χ1) is 9.58. The zero-order chi connectivity index (χ0) is 14.3. The molecule has 0 spiro atoms. The van der Waals surface area contributed by atoms with Crippen molar-refractivity contribution in [3.63, 3.8) is 0 Å². The van der Waals surface area contributed by atoms with Crippen LogP contribution in [0.25, 0.3) is 0 Å². The largest absolute Gasteiger partial charge is 0.344 e. The second kappa shape index (κ2) is 4.93. The molecule has 4 amide bonds. The van der Waals surface area contributed by atoms with Crippen LogP contribution in [0.3, 0.4) is 0 Å². The summed E-state index contributed by atoms with van der Waals surface area (Å²) in [5.74, 6) is -0.433. The molecular weight excluding hydrogens is 264 g/mol. The molecule has 2 bridgehead atoms. The maximum atomic E-state index is 12.3. The molecule has 3 saturated heterocycles. The Balaban J connectivity index is 1.65. The van der Waals surface area contributed by atoms with Gasteiger partial charge in [0.15, 0.2) is 0 Å². The van der Waals surface area contributed by atoms with E-state index in [0.29, 0.717) is 37.4 Å². The van der Waals surface area contributed by atoms with Crippen LogP contribution in [0.2, 0.25) is 0 Å². The number of carbonyl (C=O) groups excluding carboxylic acids is 3. The summed E-state index contributed by atoms with van der Waals surface area (Å²) in [7, 11) is 0. The molecule has 0 aromatic rings. The predicted octanol–water partition coefficient (Wildman–Crippen LogP) is -0.312. The molecule has 0 aromatic carbocycles. The molecule has 8 nitrogen and oxygen atoms in total. The number of hydrogen-bond donors (Lipinski definition) is 2. The molecule has 20 heavy (non-hydrogen) atoms. The van der Waals surface area contributed by atoms with Gasteiger partial charge in [-0.2, -0.15) is 0 Å². The number of amides is 4. The van der Waals surface area contributed by atoms with E-state index < -0.39 is 12.1 Å². The number of hydroxylamine groups is 2. The Morgan fingerprint density at radius 3 is 2.80 bits per heavy atom. The maximum Gasteiger partial charge on any atom is 0.344 e. The van der Waals surface area contributed by atoms with E-state index in [9.17, 15) is 19.6 Å². The van der Waals surface area contributed by atoms with Gasteiger partial charge >= 0.3 is 6.03 Å². The lowest BCUT2D eigenvalue weighted by molar-refractivity contribution is -0.145. The molecule has 0 unspecified atom stereocenters. The summed E-state index contributed by atoms with van der Waals surface area (Å²) in [5, 5.41) is 11.6. The first-order valence-electron chi connectivity index (χ1n) is 6.97. The third kappa shape index (κ3) is 2.09. The van der Waals surface area contributed by atoms with Gasteiger partial charge in [0.2, 0.25) is 5.91 Å². The normalized spacial score (nSPS) is 29.9. The molecule has 0 aliphatic carbocycles. The van der Waals surface area contributed by atoms with Crippen LogP contribution in [0.4, 0.5) is 4.79 Å². The molecular formula is C12H18N4O4. The van der Waals surface area contributed by atoms with Crippen molar-refractivity contribution in [2.75, 3.05) is 13.1 Å². The minimum absolute atomic E-state index is 0.0881. The fraction of sp³-hybridized carbons (Fsp3) is 0.750. The van der Waals surface area contributed by atoms with Crippen LogP contribution in [0.5, 0.6) is 0 Å². The van der Waals surface area contributed by atoms with Crippen molar-refractivity contribution in [2.24, 2.45) is 0 Å². The molecule has 3 aliphatic heterocycles. The van der Waals surface area contributed by atoms with Crippen LogP contribution in [0, 0.1) is 0 Å². The lowest BCUT2D eigenvalue weighted by Gasteiger charge is -2.33. The van der Waals surface area contributed by atoms with E-state index in [1.54, 1.807) is 0 Å². The van der Waals surface area contributed by atoms with Gasteiger partial charge in [-0.3, -0.25) is 25.2 Å². The van der Waals surface area contributed by atoms with E-state index in [2.05, 4.69) is 5.43 Å². The van der Waals surface area contributed by atoms with Gasteiger partial charge in [0.1, 0.15) is 6.04 Å². The molecule has 8 heteroatoms. The van der Waals surface area contributed by atoms with Gasteiger partial charge in [-0.05, 0) is 25.7 Å². The highest BCUT2D eigenvalue weighted by Gasteiger charge is 2.47. The number of hydrogen-bond acceptors (Lipinski definition) is 4. The fourth-order valence-electron chi connectivity index (χ4n) is 3.05. The number of urea groups is 1. The molecule has 0 aromatic heterocycles. The van der Waals surface area contributed by atoms with Gasteiger partial charge in [0, 0.05) is 19.5 Å². The average Bonchev–Trinajstić information content (AvgIpc) is 2.66. The highest BCUT2D eigenvalue weighted by molar-refractivity contribution is 5.90. The van der Waals surface area contributed by atoms with Gasteiger partial charge in [0.05, 0.1) is 6.04 Å². The molecule has 3 aliphatic rings. The standard InChI is InChI=1S/C12H18N4O4/c17-10-3-1-2-6-15(10)13-11(18)9-5-4-8-7-14(9)12(19)16(8)20/h8-9,20H,1-7H2,(H,13,18)/t8-,9+/m1/s1. The highest BCUT2D eigenvalue weighted by atomic mass is 16.5. The van der Waals surface area contributed by atoms with Crippen molar-refractivity contribution in [3.05, 3.63) is 0 Å². The molecule has 0 saturated carbocycles. The topological polar surface area (TPSA) is 93.2 Å². The minimum Gasteiger partial charge on any atom is -0.309 e. The summed E-state index contributed by atoms with van der Waals surface area (Å²) < 4.78 is 0. The van der Waals surface area contributed by atoms with E-state index in [1.165, 1.54) is 9.91 Å². The summed E-state index contributed by atoms with van der Waals surface area (Å²) in [5.41, 5.74) is 2.61. The monoisotopic (exact) mass is 282 g/mol. The van der Waals surface area contributed by atoms with Crippen LogP contribution in [-0.2, 0) is 9.59 Å². The van der Waals surface area contributed by atoms with Gasteiger partial charge in [-0.15, -0.1) is 0 Å². The van der Waals surface area contributed by atoms with Crippen molar-refractivity contribution in [1.29, 1.82) is 0 Å². The van der Waals surface area contributed by atoms with E-state index in [-0.39, 0.29) is 17.9 Å².